The molecule has 2 heterocycles. The average Bonchev–Trinajstić information content (AvgIpc) is 2.88. The molecule has 0 bridgehead atoms. The maximum atomic E-state index is 11.4. The summed E-state index contributed by atoms with van der Waals surface area (Å²) in [5, 5.41) is 9.35. The Morgan fingerprint density at radius 2 is 1.89 bits per heavy atom. The first kappa shape index (κ1) is 13.4. The molecule has 4 atom stereocenters. The number of likely N-dealkylation sites (tertiary alicyclic amines) is 2. The molecule has 0 aromatic heterocycles. The summed E-state index contributed by atoms with van der Waals surface area (Å²) in [6.07, 6.45) is 6.92. The highest BCUT2D eigenvalue weighted by molar-refractivity contribution is 5.71. The molecule has 0 aromatic carbocycles. The van der Waals surface area contributed by atoms with Gasteiger partial charge in [0.05, 0.1) is 5.92 Å². The van der Waals surface area contributed by atoms with Gasteiger partial charge in [0.2, 0.25) is 0 Å². The van der Waals surface area contributed by atoms with E-state index >= 15 is 0 Å². The number of piperidine rings is 2. The molecule has 0 radical (unpaired) electrons. The Labute approximate surface area is 115 Å². The molecule has 3 fully saturated rings. The predicted octanol–water partition coefficient (Wildman–Crippen LogP) is 1.66. The fraction of sp³-hybridized carbons (Fsp3) is 0.933. The van der Waals surface area contributed by atoms with Crippen LogP contribution in [0.4, 0.5) is 0 Å². The third kappa shape index (κ3) is 2.52. The van der Waals surface area contributed by atoms with E-state index in [4.69, 9.17) is 0 Å². The van der Waals surface area contributed by atoms with E-state index in [-0.39, 0.29) is 5.92 Å². The van der Waals surface area contributed by atoms with Crippen molar-refractivity contribution in [3.63, 3.8) is 0 Å². The number of aliphatic carboxylic acids is 1. The summed E-state index contributed by atoms with van der Waals surface area (Å²) in [6.45, 7) is 3.46. The van der Waals surface area contributed by atoms with Gasteiger partial charge >= 0.3 is 5.97 Å². The first-order valence-corrected chi connectivity index (χ1v) is 7.84. The van der Waals surface area contributed by atoms with Crippen molar-refractivity contribution in [2.75, 3.05) is 26.7 Å². The molecule has 1 aliphatic carbocycles. The smallest absolute Gasteiger partial charge is 0.308 e. The molecule has 2 aliphatic heterocycles. The van der Waals surface area contributed by atoms with Crippen molar-refractivity contribution in [1.82, 2.24) is 9.80 Å². The van der Waals surface area contributed by atoms with Crippen LogP contribution in [0.15, 0.2) is 0 Å². The molecule has 0 aromatic rings. The average molecular weight is 266 g/mol. The lowest BCUT2D eigenvalue weighted by atomic mass is 9.83. The zero-order chi connectivity index (χ0) is 13.4. The van der Waals surface area contributed by atoms with E-state index in [1.54, 1.807) is 0 Å². The minimum atomic E-state index is -0.578. The summed E-state index contributed by atoms with van der Waals surface area (Å²) in [5.41, 5.74) is 0. The Morgan fingerprint density at radius 3 is 2.68 bits per heavy atom. The number of fused-ring (bicyclic) bond motifs is 1. The lowest BCUT2D eigenvalue weighted by molar-refractivity contribution is -0.144. The van der Waals surface area contributed by atoms with Crippen LogP contribution in [0.5, 0.6) is 0 Å². The second kappa shape index (κ2) is 5.41. The molecule has 1 N–H and O–H groups in total. The van der Waals surface area contributed by atoms with Gasteiger partial charge in [0.1, 0.15) is 0 Å². The number of hydrogen-bond acceptors (Lipinski definition) is 3. The molecular formula is C15H26N2O2. The van der Waals surface area contributed by atoms with Crippen LogP contribution in [0.25, 0.3) is 0 Å². The fourth-order valence-electron chi connectivity index (χ4n) is 4.65. The summed E-state index contributed by atoms with van der Waals surface area (Å²) in [6, 6.07) is 1.06. The number of carboxylic acids is 1. The molecular weight excluding hydrogens is 240 g/mol. The molecule has 2 saturated heterocycles. The molecule has 108 valence electrons. The fourth-order valence-corrected chi connectivity index (χ4v) is 4.65. The van der Waals surface area contributed by atoms with Gasteiger partial charge in [0.15, 0.2) is 0 Å². The van der Waals surface area contributed by atoms with E-state index < -0.39 is 5.97 Å². The van der Waals surface area contributed by atoms with Crippen LogP contribution < -0.4 is 0 Å². The van der Waals surface area contributed by atoms with E-state index in [0.29, 0.717) is 6.04 Å². The van der Waals surface area contributed by atoms with E-state index in [1.807, 2.05) is 0 Å². The molecule has 0 amide bonds. The van der Waals surface area contributed by atoms with Gasteiger partial charge in [0.25, 0.3) is 0 Å². The summed E-state index contributed by atoms with van der Waals surface area (Å²) in [7, 11) is 2.25. The maximum Gasteiger partial charge on any atom is 0.308 e. The SMILES string of the molecule is CN1CCCC2CN(C3CCCC3C(=O)O)CCC21. The summed E-state index contributed by atoms with van der Waals surface area (Å²) in [4.78, 5) is 16.4. The van der Waals surface area contributed by atoms with Crippen LogP contribution >= 0.6 is 0 Å². The number of nitrogens with zero attached hydrogens (tertiary/aromatic N) is 2. The number of rotatable bonds is 2. The zero-order valence-corrected chi connectivity index (χ0v) is 11.9. The van der Waals surface area contributed by atoms with Crippen molar-refractivity contribution in [3.8, 4) is 0 Å². The highest BCUT2D eigenvalue weighted by atomic mass is 16.4. The Morgan fingerprint density at radius 1 is 1.05 bits per heavy atom. The van der Waals surface area contributed by atoms with Crippen LogP contribution in [-0.4, -0.2) is 59.6 Å². The minimum Gasteiger partial charge on any atom is -0.481 e. The molecule has 4 heteroatoms. The monoisotopic (exact) mass is 266 g/mol. The van der Waals surface area contributed by atoms with Crippen LogP contribution in [0.1, 0.15) is 38.5 Å². The van der Waals surface area contributed by atoms with Gasteiger partial charge in [-0.05, 0) is 58.2 Å². The van der Waals surface area contributed by atoms with Crippen LogP contribution in [0.2, 0.25) is 0 Å². The lowest BCUT2D eigenvalue weighted by Crippen LogP contribution is -2.55. The second-order valence-electron chi connectivity index (χ2n) is 6.68. The van der Waals surface area contributed by atoms with Crippen molar-refractivity contribution >= 4 is 5.97 Å². The van der Waals surface area contributed by atoms with Gasteiger partial charge in [0, 0.05) is 18.6 Å². The first-order chi connectivity index (χ1) is 9.16. The van der Waals surface area contributed by atoms with Gasteiger partial charge in [-0.25, -0.2) is 0 Å². The number of carbonyl (C=O) groups is 1. The van der Waals surface area contributed by atoms with Gasteiger partial charge in [-0.2, -0.15) is 0 Å². The molecule has 1 saturated carbocycles. The van der Waals surface area contributed by atoms with Gasteiger partial charge in [-0.15, -0.1) is 0 Å². The van der Waals surface area contributed by atoms with Crippen LogP contribution in [0, 0.1) is 11.8 Å². The Kier molecular flexibility index (Phi) is 3.81. The van der Waals surface area contributed by atoms with Crippen LogP contribution in [0.3, 0.4) is 0 Å². The highest BCUT2D eigenvalue weighted by Gasteiger charge is 2.41. The Hall–Kier alpha value is -0.610. The predicted molar refractivity (Wildman–Crippen MR) is 74.1 cm³/mol. The lowest BCUT2D eigenvalue weighted by Gasteiger charge is -2.48. The summed E-state index contributed by atoms with van der Waals surface area (Å²) >= 11 is 0. The van der Waals surface area contributed by atoms with Gasteiger partial charge in [-0.3, -0.25) is 9.69 Å². The second-order valence-corrected chi connectivity index (χ2v) is 6.68. The minimum absolute atomic E-state index is 0.113. The molecule has 4 nitrogen and oxygen atoms in total. The van der Waals surface area contributed by atoms with Crippen molar-refractivity contribution in [2.24, 2.45) is 11.8 Å². The van der Waals surface area contributed by atoms with E-state index in [2.05, 4.69) is 16.8 Å². The van der Waals surface area contributed by atoms with E-state index in [0.717, 1.165) is 44.3 Å². The molecule has 4 unspecified atom stereocenters. The number of hydrogen-bond donors (Lipinski definition) is 1. The normalized spacial score (nSPS) is 41.1. The van der Waals surface area contributed by atoms with Crippen molar-refractivity contribution in [1.29, 1.82) is 0 Å². The third-order valence-corrected chi connectivity index (χ3v) is 5.64. The quantitative estimate of drug-likeness (QED) is 0.825. The molecule has 3 rings (SSSR count). The molecule has 3 aliphatic rings. The van der Waals surface area contributed by atoms with Crippen molar-refractivity contribution in [2.45, 2.75) is 50.6 Å². The Bertz CT molecular complexity index is 347. The number of carboxylic acid groups (broad SMARTS) is 1. The van der Waals surface area contributed by atoms with Gasteiger partial charge in [-0.1, -0.05) is 6.42 Å². The van der Waals surface area contributed by atoms with E-state index in [9.17, 15) is 9.90 Å². The summed E-state index contributed by atoms with van der Waals surface area (Å²) < 4.78 is 0. The zero-order valence-electron chi connectivity index (χ0n) is 11.9. The van der Waals surface area contributed by atoms with E-state index in [1.165, 1.54) is 25.8 Å². The van der Waals surface area contributed by atoms with Crippen LogP contribution in [-0.2, 0) is 4.79 Å². The highest BCUT2D eigenvalue weighted by Crippen LogP contribution is 2.36. The standard InChI is InChI=1S/C15H26N2O2/c1-16-8-3-4-11-10-17(9-7-13(11)16)14-6-2-5-12(14)15(18)19/h11-14H,2-10H2,1H3,(H,18,19). The largest absolute Gasteiger partial charge is 0.481 e. The van der Waals surface area contributed by atoms with Crippen molar-refractivity contribution in [3.05, 3.63) is 0 Å². The topological polar surface area (TPSA) is 43.8 Å². The first-order valence-electron chi connectivity index (χ1n) is 7.84. The third-order valence-electron chi connectivity index (χ3n) is 5.64. The van der Waals surface area contributed by atoms with Gasteiger partial charge < -0.3 is 10.0 Å². The summed E-state index contributed by atoms with van der Waals surface area (Å²) in [5.74, 6) is 0.0748. The maximum absolute atomic E-state index is 11.4. The molecule has 19 heavy (non-hydrogen) atoms. The Balaban J connectivity index is 1.66. The molecule has 0 spiro atoms. The van der Waals surface area contributed by atoms with Crippen molar-refractivity contribution < 1.29 is 9.90 Å².